The molecule has 0 saturated heterocycles. The minimum atomic E-state index is -0.138. The Hall–Kier alpha value is -2.32. The second-order valence-electron chi connectivity index (χ2n) is 6.27. The molecule has 7 nitrogen and oxygen atoms in total. The van der Waals surface area contributed by atoms with Gasteiger partial charge in [-0.2, -0.15) is 0 Å². The molecule has 1 aromatic carbocycles. The van der Waals surface area contributed by atoms with Crippen LogP contribution in [0.15, 0.2) is 23.0 Å². The van der Waals surface area contributed by atoms with E-state index in [4.69, 9.17) is 21.7 Å². The Kier molecular flexibility index (Phi) is 7.23. The fourth-order valence-corrected chi connectivity index (χ4v) is 2.82. The molecule has 8 heteroatoms. The third-order valence-corrected chi connectivity index (χ3v) is 4.33. The van der Waals surface area contributed by atoms with Gasteiger partial charge in [0.05, 0.1) is 46.9 Å². The van der Waals surface area contributed by atoms with Crippen LogP contribution in [-0.4, -0.2) is 58.0 Å². The maximum atomic E-state index is 12.4. The number of benzene rings is 1. The Balaban J connectivity index is 2.07. The zero-order chi connectivity index (χ0) is 19.1. The summed E-state index contributed by atoms with van der Waals surface area (Å²) in [7, 11) is 7.36. The van der Waals surface area contributed by atoms with Crippen LogP contribution in [0.25, 0.3) is 10.9 Å². The molecule has 142 valence electrons. The Labute approximate surface area is 158 Å². The summed E-state index contributed by atoms with van der Waals surface area (Å²) < 4.78 is 10.7. The zero-order valence-electron chi connectivity index (χ0n) is 15.7. The molecule has 0 aliphatic carbocycles. The monoisotopic (exact) mass is 379 g/mol. The highest BCUT2D eigenvalue weighted by molar-refractivity contribution is 7.80. The molecular formula is C18H27N4O3S+. The molecule has 0 radical (unpaired) electrons. The summed E-state index contributed by atoms with van der Waals surface area (Å²) in [5, 5.41) is 7.70. The van der Waals surface area contributed by atoms with E-state index in [2.05, 4.69) is 29.7 Å². The van der Waals surface area contributed by atoms with Gasteiger partial charge in [0.2, 0.25) is 0 Å². The summed E-state index contributed by atoms with van der Waals surface area (Å²) in [6, 6.07) is 5.45. The third-order valence-electron chi connectivity index (χ3n) is 4.05. The maximum absolute atomic E-state index is 12.4. The van der Waals surface area contributed by atoms with Crippen LogP contribution in [0.5, 0.6) is 11.5 Å². The summed E-state index contributed by atoms with van der Waals surface area (Å²) in [6.07, 6.45) is 0.548. The Morgan fingerprint density at radius 1 is 1.15 bits per heavy atom. The summed E-state index contributed by atoms with van der Waals surface area (Å²) in [5.74, 6) is 1.30. The van der Waals surface area contributed by atoms with Gasteiger partial charge in [-0.3, -0.25) is 4.79 Å². The zero-order valence-corrected chi connectivity index (χ0v) is 16.5. The first kappa shape index (κ1) is 20.0. The Morgan fingerprint density at radius 2 is 1.81 bits per heavy atom. The third kappa shape index (κ3) is 5.09. The molecule has 1 aromatic heterocycles. The molecule has 0 fully saturated rings. The molecule has 0 aliphatic rings. The highest BCUT2D eigenvalue weighted by atomic mass is 32.1. The number of thiocarbonyl (C=S) groups is 1. The lowest BCUT2D eigenvalue weighted by Crippen LogP contribution is -3.06. The number of rotatable bonds is 8. The van der Waals surface area contributed by atoms with E-state index in [1.807, 2.05) is 12.1 Å². The lowest BCUT2D eigenvalue weighted by Gasteiger charge is -2.13. The number of quaternary nitrogens is 1. The number of likely N-dealkylation sites (N-methyl/N-ethyl adjacent to an activating group) is 1. The van der Waals surface area contributed by atoms with Gasteiger partial charge < -0.3 is 30.0 Å². The van der Waals surface area contributed by atoms with Crippen LogP contribution >= 0.6 is 12.2 Å². The molecule has 0 atom stereocenters. The first-order chi connectivity index (χ1) is 12.5. The number of nitrogens with one attached hydrogen (secondary N) is 4. The van der Waals surface area contributed by atoms with E-state index < -0.39 is 0 Å². The highest BCUT2D eigenvalue weighted by Crippen LogP contribution is 2.31. The van der Waals surface area contributed by atoms with E-state index in [-0.39, 0.29) is 5.56 Å². The normalized spacial score (nSPS) is 10.8. The molecule has 0 aliphatic heterocycles. The first-order valence-electron chi connectivity index (χ1n) is 8.54. The van der Waals surface area contributed by atoms with Crippen molar-refractivity contribution in [2.45, 2.75) is 6.42 Å². The molecule has 0 bridgehead atoms. The second kappa shape index (κ2) is 9.40. The van der Waals surface area contributed by atoms with Crippen LogP contribution < -0.4 is 30.6 Å². The number of ether oxygens (including phenoxy) is 2. The Morgan fingerprint density at radius 3 is 2.46 bits per heavy atom. The van der Waals surface area contributed by atoms with Gasteiger partial charge in [0.25, 0.3) is 5.56 Å². The number of methoxy groups -OCH3 is 2. The van der Waals surface area contributed by atoms with Crippen LogP contribution in [0, 0.1) is 0 Å². The van der Waals surface area contributed by atoms with Crippen molar-refractivity contribution in [1.82, 2.24) is 15.6 Å². The van der Waals surface area contributed by atoms with Crippen molar-refractivity contribution in [2.24, 2.45) is 0 Å². The van der Waals surface area contributed by atoms with Gasteiger partial charge in [-0.25, -0.2) is 0 Å². The summed E-state index contributed by atoms with van der Waals surface area (Å²) in [4.78, 5) is 16.6. The molecule has 26 heavy (non-hydrogen) atoms. The Bertz CT molecular complexity index is 820. The largest absolute Gasteiger partial charge is 0.496 e. The molecule has 1 heterocycles. The minimum Gasteiger partial charge on any atom is -0.496 e. The fraction of sp³-hybridized carbons (Fsp3) is 0.444. The SMILES string of the molecule is COc1ccc(OC)c2[nH]c(=O)c(CCNC(=S)NCC[NH+](C)C)cc12. The van der Waals surface area contributed by atoms with Crippen LogP contribution in [0.2, 0.25) is 0 Å². The predicted octanol–water partition coefficient (Wildman–Crippen LogP) is -0.304. The summed E-state index contributed by atoms with van der Waals surface area (Å²) in [5.41, 5.74) is 1.16. The predicted molar refractivity (Wildman–Crippen MR) is 108 cm³/mol. The van der Waals surface area contributed by atoms with Crippen molar-refractivity contribution in [1.29, 1.82) is 0 Å². The van der Waals surface area contributed by atoms with E-state index in [0.717, 1.165) is 18.5 Å². The van der Waals surface area contributed by atoms with Gasteiger partial charge in [-0.1, -0.05) is 0 Å². The van der Waals surface area contributed by atoms with Crippen LogP contribution in [0.3, 0.4) is 0 Å². The van der Waals surface area contributed by atoms with E-state index in [1.54, 1.807) is 20.3 Å². The number of hydrogen-bond donors (Lipinski definition) is 4. The van der Waals surface area contributed by atoms with Gasteiger partial charge in [0.15, 0.2) is 5.11 Å². The number of pyridine rings is 1. The van der Waals surface area contributed by atoms with Gasteiger partial charge >= 0.3 is 0 Å². The van der Waals surface area contributed by atoms with Crippen LogP contribution in [0.4, 0.5) is 0 Å². The standard InChI is InChI=1S/C18H26N4O3S/c1-22(2)10-9-20-18(26)19-8-7-12-11-13-14(24-3)5-6-15(25-4)16(13)21-17(12)23/h5-6,11H,7-10H2,1-4H3,(H,21,23)(H2,19,20,26)/p+1. The first-order valence-corrected chi connectivity index (χ1v) is 8.94. The van der Waals surface area contributed by atoms with Crippen molar-refractivity contribution in [3.8, 4) is 11.5 Å². The topological polar surface area (TPSA) is 79.8 Å². The van der Waals surface area contributed by atoms with Gasteiger partial charge in [-0.05, 0) is 36.8 Å². The summed E-state index contributed by atoms with van der Waals surface area (Å²) in [6.45, 7) is 2.36. The molecule has 4 N–H and O–H groups in total. The van der Waals surface area contributed by atoms with E-state index in [1.165, 1.54) is 4.90 Å². The highest BCUT2D eigenvalue weighted by Gasteiger charge is 2.11. The van der Waals surface area contributed by atoms with E-state index in [9.17, 15) is 4.79 Å². The molecular weight excluding hydrogens is 352 g/mol. The maximum Gasteiger partial charge on any atom is 0.251 e. The molecule has 2 rings (SSSR count). The van der Waals surface area contributed by atoms with Crippen LogP contribution in [-0.2, 0) is 6.42 Å². The smallest absolute Gasteiger partial charge is 0.251 e. The second-order valence-corrected chi connectivity index (χ2v) is 6.68. The molecule has 0 spiro atoms. The van der Waals surface area contributed by atoms with Gasteiger partial charge in [0.1, 0.15) is 11.5 Å². The number of aromatic nitrogens is 1. The van der Waals surface area contributed by atoms with Crippen molar-refractivity contribution < 1.29 is 14.4 Å². The average molecular weight is 380 g/mol. The molecule has 0 unspecified atom stereocenters. The van der Waals surface area contributed by atoms with Crippen molar-refractivity contribution in [2.75, 3.05) is 47.9 Å². The van der Waals surface area contributed by atoms with Crippen molar-refractivity contribution in [3.63, 3.8) is 0 Å². The lowest BCUT2D eigenvalue weighted by molar-refractivity contribution is -0.856. The average Bonchev–Trinajstić information content (AvgIpc) is 2.61. The number of fused-ring (bicyclic) bond motifs is 1. The number of aromatic amines is 1. The van der Waals surface area contributed by atoms with Crippen molar-refractivity contribution >= 4 is 28.2 Å². The van der Waals surface area contributed by atoms with E-state index >= 15 is 0 Å². The van der Waals surface area contributed by atoms with E-state index in [0.29, 0.717) is 40.7 Å². The quantitative estimate of drug-likeness (QED) is 0.472. The van der Waals surface area contributed by atoms with Gasteiger partial charge in [-0.15, -0.1) is 0 Å². The molecule has 0 amide bonds. The van der Waals surface area contributed by atoms with Crippen molar-refractivity contribution in [3.05, 3.63) is 34.1 Å². The van der Waals surface area contributed by atoms with Crippen LogP contribution in [0.1, 0.15) is 5.56 Å². The minimum absolute atomic E-state index is 0.138. The molecule has 2 aromatic rings. The number of H-pyrrole nitrogens is 1. The summed E-state index contributed by atoms with van der Waals surface area (Å²) >= 11 is 5.25. The van der Waals surface area contributed by atoms with Gasteiger partial charge in [0, 0.05) is 17.5 Å². The fourth-order valence-electron chi connectivity index (χ4n) is 2.62. The molecule has 0 saturated carbocycles. The lowest BCUT2D eigenvalue weighted by atomic mass is 10.1. The number of hydrogen-bond acceptors (Lipinski definition) is 4.